The van der Waals surface area contributed by atoms with Crippen LogP contribution in [0.3, 0.4) is 0 Å². The molecule has 0 bridgehead atoms. The van der Waals surface area contributed by atoms with Crippen molar-refractivity contribution in [1.29, 1.82) is 0 Å². The minimum Gasteiger partial charge on any atom is -0.343 e. The number of nitrogens with zero attached hydrogens (tertiary/aromatic N) is 4. The molecular formula is C20H27N5O2. The molecule has 1 amide bonds. The molecule has 4 rings (SSSR count). The number of hydrogen-bond acceptors (Lipinski definition) is 6. The number of nitrogens with one attached hydrogen (secondary N) is 1. The first-order valence-corrected chi connectivity index (χ1v) is 10.0. The molecule has 2 saturated heterocycles. The molecule has 7 heteroatoms. The molecule has 2 aliphatic heterocycles. The molecule has 1 N–H and O–H groups in total. The van der Waals surface area contributed by atoms with Crippen molar-refractivity contribution in [3.63, 3.8) is 0 Å². The number of likely N-dealkylation sites (tertiary alicyclic amines) is 1. The first-order chi connectivity index (χ1) is 13.3. The van der Waals surface area contributed by atoms with Crippen LogP contribution in [0.15, 0.2) is 28.9 Å². The Morgan fingerprint density at radius 1 is 1.19 bits per heavy atom. The molecule has 2 aromatic rings. The van der Waals surface area contributed by atoms with Crippen molar-refractivity contribution in [2.24, 2.45) is 5.92 Å². The average Bonchev–Trinajstić information content (AvgIpc) is 3.24. The quantitative estimate of drug-likeness (QED) is 0.872. The van der Waals surface area contributed by atoms with Crippen LogP contribution in [0, 0.1) is 5.92 Å². The molecule has 144 valence electrons. The lowest BCUT2D eigenvalue weighted by molar-refractivity contribution is -0.132. The second kappa shape index (κ2) is 8.61. The Kier molecular flexibility index (Phi) is 5.77. The normalized spacial score (nSPS) is 19.3. The number of amides is 1. The van der Waals surface area contributed by atoms with E-state index in [4.69, 9.17) is 4.52 Å². The summed E-state index contributed by atoms with van der Waals surface area (Å²) in [6, 6.07) is 5.65. The van der Waals surface area contributed by atoms with Gasteiger partial charge in [-0.1, -0.05) is 11.2 Å². The second-order valence-corrected chi connectivity index (χ2v) is 7.56. The van der Waals surface area contributed by atoms with Gasteiger partial charge in [-0.15, -0.1) is 0 Å². The molecule has 0 aliphatic carbocycles. The van der Waals surface area contributed by atoms with E-state index in [0.717, 1.165) is 51.1 Å². The van der Waals surface area contributed by atoms with Crippen LogP contribution in [0.25, 0.3) is 11.5 Å². The molecule has 0 atom stereocenters. The zero-order chi connectivity index (χ0) is 18.5. The average molecular weight is 369 g/mol. The summed E-state index contributed by atoms with van der Waals surface area (Å²) < 4.78 is 5.47. The van der Waals surface area contributed by atoms with Crippen LogP contribution in [0.2, 0.25) is 0 Å². The highest BCUT2D eigenvalue weighted by Crippen LogP contribution is 2.29. The van der Waals surface area contributed by atoms with Crippen molar-refractivity contribution in [1.82, 2.24) is 25.3 Å². The first kappa shape index (κ1) is 18.1. The molecule has 27 heavy (non-hydrogen) atoms. The molecule has 0 spiro atoms. The van der Waals surface area contributed by atoms with E-state index in [1.165, 1.54) is 12.8 Å². The van der Waals surface area contributed by atoms with Gasteiger partial charge < -0.3 is 14.7 Å². The van der Waals surface area contributed by atoms with E-state index in [0.29, 0.717) is 30.0 Å². The third-order valence-electron chi connectivity index (χ3n) is 5.76. The van der Waals surface area contributed by atoms with E-state index in [-0.39, 0.29) is 5.92 Å². The van der Waals surface area contributed by atoms with Crippen LogP contribution in [-0.4, -0.2) is 52.1 Å². The topological polar surface area (TPSA) is 84.2 Å². The fourth-order valence-corrected chi connectivity index (χ4v) is 4.03. The molecule has 2 aliphatic rings. The summed E-state index contributed by atoms with van der Waals surface area (Å²) in [4.78, 5) is 23.3. The molecule has 0 aromatic carbocycles. The Hall–Kier alpha value is -2.28. The lowest BCUT2D eigenvalue weighted by Crippen LogP contribution is -2.38. The van der Waals surface area contributed by atoms with Crippen molar-refractivity contribution in [3.05, 3.63) is 30.3 Å². The molecule has 7 nitrogen and oxygen atoms in total. The third kappa shape index (κ3) is 4.53. The van der Waals surface area contributed by atoms with E-state index in [9.17, 15) is 4.79 Å². The standard InChI is InChI=1S/C20H27N5O2/c26-18(5-4-15-6-11-21-12-7-15)25-13-8-16(9-14-25)20-23-19(24-27-20)17-3-1-2-10-22-17/h1-3,10,15-16,21H,4-9,11-14H2. The number of aromatic nitrogens is 3. The van der Waals surface area contributed by atoms with Crippen LogP contribution in [-0.2, 0) is 4.79 Å². The molecule has 4 heterocycles. The predicted octanol–water partition coefficient (Wildman–Crippen LogP) is 2.62. The van der Waals surface area contributed by atoms with Crippen molar-refractivity contribution in [3.8, 4) is 11.5 Å². The summed E-state index contributed by atoms with van der Waals surface area (Å²) in [5.41, 5.74) is 0.720. The van der Waals surface area contributed by atoms with E-state index in [1.807, 2.05) is 23.1 Å². The number of carbonyl (C=O) groups excluding carboxylic acids is 1. The van der Waals surface area contributed by atoms with Crippen molar-refractivity contribution in [2.45, 2.75) is 44.4 Å². The lowest BCUT2D eigenvalue weighted by atomic mass is 9.92. The largest absolute Gasteiger partial charge is 0.343 e. The predicted molar refractivity (Wildman–Crippen MR) is 101 cm³/mol. The number of pyridine rings is 1. The van der Waals surface area contributed by atoms with Crippen LogP contribution in [0.1, 0.15) is 50.3 Å². The van der Waals surface area contributed by atoms with Gasteiger partial charge in [0, 0.05) is 31.6 Å². The number of piperidine rings is 2. The van der Waals surface area contributed by atoms with Crippen LogP contribution in [0.4, 0.5) is 0 Å². The van der Waals surface area contributed by atoms with Gasteiger partial charge in [-0.05, 0) is 63.2 Å². The van der Waals surface area contributed by atoms with Gasteiger partial charge in [0.1, 0.15) is 5.69 Å². The maximum absolute atomic E-state index is 12.5. The Bertz CT molecular complexity index is 734. The van der Waals surface area contributed by atoms with Gasteiger partial charge in [0.25, 0.3) is 0 Å². The number of hydrogen-bond donors (Lipinski definition) is 1. The van der Waals surface area contributed by atoms with Gasteiger partial charge in [0.2, 0.25) is 17.6 Å². The lowest BCUT2D eigenvalue weighted by Gasteiger charge is -2.31. The van der Waals surface area contributed by atoms with Gasteiger partial charge >= 0.3 is 0 Å². The van der Waals surface area contributed by atoms with Gasteiger partial charge in [0.15, 0.2) is 0 Å². The minimum absolute atomic E-state index is 0.225. The Labute approximate surface area is 159 Å². The molecular weight excluding hydrogens is 342 g/mol. The molecule has 2 fully saturated rings. The van der Waals surface area contributed by atoms with Crippen LogP contribution >= 0.6 is 0 Å². The van der Waals surface area contributed by atoms with Crippen molar-refractivity contribution < 1.29 is 9.32 Å². The Morgan fingerprint density at radius 2 is 2.00 bits per heavy atom. The SMILES string of the molecule is O=C(CCC1CCNCC1)N1CCC(c2nc(-c3ccccn3)no2)CC1. The first-order valence-electron chi connectivity index (χ1n) is 10.0. The summed E-state index contributed by atoms with van der Waals surface area (Å²) in [6.07, 6.45) is 7.58. The molecule has 0 saturated carbocycles. The monoisotopic (exact) mass is 369 g/mol. The fraction of sp³-hybridized carbons (Fsp3) is 0.600. The van der Waals surface area contributed by atoms with E-state index >= 15 is 0 Å². The third-order valence-corrected chi connectivity index (χ3v) is 5.76. The van der Waals surface area contributed by atoms with Crippen LogP contribution in [0.5, 0.6) is 0 Å². The number of carbonyl (C=O) groups is 1. The summed E-state index contributed by atoms with van der Waals surface area (Å²) in [5, 5.41) is 7.44. The van der Waals surface area contributed by atoms with Gasteiger partial charge in [0.05, 0.1) is 0 Å². The molecule has 0 radical (unpaired) electrons. The maximum Gasteiger partial charge on any atom is 0.230 e. The van der Waals surface area contributed by atoms with E-state index < -0.39 is 0 Å². The second-order valence-electron chi connectivity index (χ2n) is 7.56. The van der Waals surface area contributed by atoms with Gasteiger partial charge in [-0.2, -0.15) is 4.98 Å². The van der Waals surface area contributed by atoms with E-state index in [2.05, 4.69) is 20.4 Å². The van der Waals surface area contributed by atoms with E-state index in [1.54, 1.807) is 6.20 Å². The van der Waals surface area contributed by atoms with Gasteiger partial charge in [-0.3, -0.25) is 9.78 Å². The van der Waals surface area contributed by atoms with Crippen molar-refractivity contribution >= 4 is 5.91 Å². The Balaban J connectivity index is 1.26. The Morgan fingerprint density at radius 3 is 2.74 bits per heavy atom. The summed E-state index contributed by atoms with van der Waals surface area (Å²) in [6.45, 7) is 3.73. The highest BCUT2D eigenvalue weighted by Gasteiger charge is 2.28. The minimum atomic E-state index is 0.225. The highest BCUT2D eigenvalue weighted by molar-refractivity contribution is 5.76. The zero-order valence-electron chi connectivity index (χ0n) is 15.6. The smallest absolute Gasteiger partial charge is 0.230 e. The molecule has 2 aromatic heterocycles. The zero-order valence-corrected chi connectivity index (χ0v) is 15.6. The summed E-state index contributed by atoms with van der Waals surface area (Å²) in [7, 11) is 0. The highest BCUT2D eigenvalue weighted by atomic mass is 16.5. The summed E-state index contributed by atoms with van der Waals surface area (Å²) >= 11 is 0. The summed E-state index contributed by atoms with van der Waals surface area (Å²) in [5.74, 6) is 2.43. The van der Waals surface area contributed by atoms with Gasteiger partial charge in [-0.25, -0.2) is 0 Å². The van der Waals surface area contributed by atoms with Crippen LogP contribution < -0.4 is 5.32 Å². The fourth-order valence-electron chi connectivity index (χ4n) is 4.03. The molecule has 0 unspecified atom stereocenters. The van der Waals surface area contributed by atoms with Crippen molar-refractivity contribution in [2.75, 3.05) is 26.2 Å². The number of rotatable bonds is 5. The maximum atomic E-state index is 12.5.